The van der Waals surface area contributed by atoms with Gasteiger partial charge in [0, 0.05) is 5.92 Å². The summed E-state index contributed by atoms with van der Waals surface area (Å²) in [6, 6.07) is 0. The molecule has 0 aromatic heterocycles. The largest absolute Gasteiger partial charge is 0.446 e. The summed E-state index contributed by atoms with van der Waals surface area (Å²) in [5.41, 5.74) is 0. The van der Waals surface area contributed by atoms with Crippen LogP contribution in [0.25, 0.3) is 0 Å². The van der Waals surface area contributed by atoms with Gasteiger partial charge in [-0.25, -0.2) is 0 Å². The predicted molar refractivity (Wildman–Crippen MR) is 34.1 cm³/mol. The van der Waals surface area contributed by atoms with Gasteiger partial charge in [-0.05, 0) is 0 Å². The van der Waals surface area contributed by atoms with Crippen molar-refractivity contribution in [3.8, 4) is 12.5 Å². The number of hydrogen-bond acceptors (Lipinski definition) is 1. The van der Waals surface area contributed by atoms with Crippen LogP contribution in [0.4, 0.5) is 0 Å². The highest BCUT2D eigenvalue weighted by Gasteiger charge is 1.91. The van der Waals surface area contributed by atoms with Gasteiger partial charge in [-0.1, -0.05) is 19.4 Å². The molecule has 0 fully saturated rings. The minimum absolute atomic E-state index is 0.353. The standard InChI is InChI=1S/C7H10O/c1-4-7(3)6-8-5-2/h2,4,7H,1,6H2,3H3. The summed E-state index contributed by atoms with van der Waals surface area (Å²) < 4.78 is 4.64. The van der Waals surface area contributed by atoms with E-state index in [1.54, 1.807) is 6.08 Å². The summed E-state index contributed by atoms with van der Waals surface area (Å²) in [5, 5.41) is 0. The Morgan fingerprint density at radius 2 is 2.62 bits per heavy atom. The summed E-state index contributed by atoms with van der Waals surface area (Å²) in [6.07, 6.45) is 8.71. The second kappa shape index (κ2) is 4.26. The molecule has 0 saturated carbocycles. The Morgan fingerprint density at radius 1 is 2.00 bits per heavy atom. The maximum Gasteiger partial charge on any atom is 0.106 e. The summed E-state index contributed by atoms with van der Waals surface area (Å²) in [7, 11) is 0. The Labute approximate surface area is 50.4 Å². The van der Waals surface area contributed by atoms with Gasteiger partial charge in [0.05, 0.1) is 0 Å². The minimum Gasteiger partial charge on any atom is -0.446 e. The molecule has 1 nitrogen and oxygen atoms in total. The van der Waals surface area contributed by atoms with Crippen LogP contribution in [-0.2, 0) is 4.74 Å². The first-order chi connectivity index (χ1) is 3.81. The summed E-state index contributed by atoms with van der Waals surface area (Å²) in [6.45, 7) is 6.12. The highest BCUT2D eigenvalue weighted by atomic mass is 16.5. The number of ether oxygens (including phenoxy) is 1. The average Bonchev–Trinajstić information content (AvgIpc) is 1.83. The topological polar surface area (TPSA) is 9.23 Å². The Morgan fingerprint density at radius 3 is 3.00 bits per heavy atom. The molecule has 0 heterocycles. The summed E-state index contributed by atoms with van der Waals surface area (Å²) >= 11 is 0. The van der Waals surface area contributed by atoms with Crippen molar-refractivity contribution in [3.05, 3.63) is 12.7 Å². The van der Waals surface area contributed by atoms with Crippen molar-refractivity contribution < 1.29 is 4.74 Å². The lowest BCUT2D eigenvalue weighted by Crippen LogP contribution is -1.97. The molecule has 0 amide bonds. The Hall–Kier alpha value is -0.900. The molecule has 0 aliphatic rings. The molecular weight excluding hydrogens is 100 g/mol. The Bertz CT molecular complexity index is 99.4. The van der Waals surface area contributed by atoms with Crippen molar-refractivity contribution in [2.24, 2.45) is 5.92 Å². The number of hydrogen-bond donors (Lipinski definition) is 0. The first-order valence-electron chi connectivity index (χ1n) is 2.51. The normalized spacial score (nSPS) is 11.5. The average molecular weight is 110 g/mol. The minimum atomic E-state index is 0.353. The molecule has 0 aliphatic carbocycles. The molecule has 1 heteroatoms. The summed E-state index contributed by atoms with van der Waals surface area (Å²) in [5.74, 6) is 0.353. The molecule has 0 N–H and O–H groups in total. The number of rotatable bonds is 3. The quantitative estimate of drug-likeness (QED) is 0.394. The van der Waals surface area contributed by atoms with Gasteiger partial charge in [0.2, 0.25) is 0 Å². The third-order valence-corrected chi connectivity index (χ3v) is 0.832. The van der Waals surface area contributed by atoms with Gasteiger partial charge in [0.25, 0.3) is 0 Å². The van der Waals surface area contributed by atoms with Crippen LogP contribution in [0.2, 0.25) is 0 Å². The predicted octanol–water partition coefficient (Wildman–Crippen LogP) is 1.42. The van der Waals surface area contributed by atoms with Gasteiger partial charge in [-0.15, -0.1) is 6.58 Å². The van der Waals surface area contributed by atoms with Gasteiger partial charge in [-0.2, -0.15) is 0 Å². The molecule has 8 heavy (non-hydrogen) atoms. The molecule has 44 valence electrons. The van der Waals surface area contributed by atoms with Crippen molar-refractivity contribution in [1.29, 1.82) is 0 Å². The highest BCUT2D eigenvalue weighted by molar-refractivity contribution is 4.77. The molecule has 0 aromatic carbocycles. The third kappa shape index (κ3) is 3.30. The molecule has 0 radical (unpaired) electrons. The van der Waals surface area contributed by atoms with Crippen LogP contribution in [0.15, 0.2) is 12.7 Å². The van der Waals surface area contributed by atoms with E-state index < -0.39 is 0 Å². The molecule has 0 saturated heterocycles. The third-order valence-electron chi connectivity index (χ3n) is 0.832. The lowest BCUT2D eigenvalue weighted by atomic mass is 10.2. The monoisotopic (exact) mass is 110 g/mol. The van der Waals surface area contributed by atoms with Crippen LogP contribution in [0.3, 0.4) is 0 Å². The zero-order valence-electron chi connectivity index (χ0n) is 5.05. The van der Waals surface area contributed by atoms with Gasteiger partial charge in [-0.3, -0.25) is 0 Å². The van der Waals surface area contributed by atoms with E-state index in [-0.39, 0.29) is 0 Å². The van der Waals surface area contributed by atoms with Crippen molar-refractivity contribution in [2.45, 2.75) is 6.92 Å². The van der Waals surface area contributed by atoms with Crippen molar-refractivity contribution in [2.75, 3.05) is 6.61 Å². The van der Waals surface area contributed by atoms with Crippen LogP contribution < -0.4 is 0 Å². The summed E-state index contributed by atoms with van der Waals surface area (Å²) in [4.78, 5) is 0. The smallest absolute Gasteiger partial charge is 0.106 e. The maximum atomic E-state index is 4.82. The lowest BCUT2D eigenvalue weighted by molar-refractivity contribution is 0.248. The fourth-order valence-corrected chi connectivity index (χ4v) is 0.248. The molecule has 0 rings (SSSR count). The van der Waals surface area contributed by atoms with Gasteiger partial charge in [0.15, 0.2) is 0 Å². The Balaban J connectivity index is 3.13. The fourth-order valence-electron chi connectivity index (χ4n) is 0.248. The highest BCUT2D eigenvalue weighted by Crippen LogP contribution is 1.93. The fraction of sp³-hybridized carbons (Fsp3) is 0.429. The maximum absolute atomic E-state index is 4.82. The van der Waals surface area contributed by atoms with Gasteiger partial charge < -0.3 is 4.74 Å². The van der Waals surface area contributed by atoms with Gasteiger partial charge >= 0.3 is 0 Å². The molecule has 0 spiro atoms. The van der Waals surface area contributed by atoms with E-state index in [0.717, 1.165) is 0 Å². The zero-order chi connectivity index (χ0) is 6.41. The number of terminal acetylenes is 1. The van der Waals surface area contributed by atoms with E-state index in [2.05, 4.69) is 17.4 Å². The van der Waals surface area contributed by atoms with Crippen molar-refractivity contribution >= 4 is 0 Å². The Kier molecular flexibility index (Phi) is 3.78. The molecule has 0 bridgehead atoms. The van der Waals surface area contributed by atoms with E-state index in [1.165, 1.54) is 0 Å². The second-order valence-electron chi connectivity index (χ2n) is 1.64. The van der Waals surface area contributed by atoms with E-state index in [9.17, 15) is 0 Å². The first-order valence-corrected chi connectivity index (χ1v) is 2.51. The SMILES string of the molecule is C#COCC(C)C=C. The van der Waals surface area contributed by atoms with Crippen molar-refractivity contribution in [1.82, 2.24) is 0 Å². The molecular formula is C7H10O. The van der Waals surface area contributed by atoms with Gasteiger partial charge in [0.1, 0.15) is 12.7 Å². The first kappa shape index (κ1) is 7.10. The zero-order valence-corrected chi connectivity index (χ0v) is 5.05. The molecule has 0 aromatic rings. The molecule has 1 atom stereocenters. The van der Waals surface area contributed by atoms with Crippen LogP contribution in [0.5, 0.6) is 0 Å². The van der Waals surface area contributed by atoms with E-state index in [0.29, 0.717) is 12.5 Å². The van der Waals surface area contributed by atoms with Crippen LogP contribution >= 0.6 is 0 Å². The molecule has 0 aliphatic heterocycles. The molecule has 1 unspecified atom stereocenters. The lowest BCUT2D eigenvalue weighted by Gasteiger charge is -2.00. The second-order valence-corrected chi connectivity index (χ2v) is 1.64. The van der Waals surface area contributed by atoms with E-state index in [4.69, 9.17) is 6.42 Å². The van der Waals surface area contributed by atoms with Crippen LogP contribution in [0, 0.1) is 18.4 Å². The van der Waals surface area contributed by atoms with E-state index in [1.807, 2.05) is 6.92 Å². The van der Waals surface area contributed by atoms with Crippen LogP contribution in [-0.4, -0.2) is 6.61 Å². The van der Waals surface area contributed by atoms with E-state index >= 15 is 0 Å². The van der Waals surface area contributed by atoms with Crippen LogP contribution in [0.1, 0.15) is 6.92 Å². The van der Waals surface area contributed by atoms with Crippen molar-refractivity contribution in [3.63, 3.8) is 0 Å².